The molecule has 0 radical (unpaired) electrons. The molecule has 18 heavy (non-hydrogen) atoms. The lowest BCUT2D eigenvalue weighted by Crippen LogP contribution is -2.40. The Morgan fingerprint density at radius 2 is 1.94 bits per heavy atom. The van der Waals surface area contributed by atoms with E-state index in [0.717, 1.165) is 18.5 Å². The standard InChI is InChI=1S/C14H23N3O/c1-3-10(2)13(16)14(18)17-12-6-4-11(5-7-12)8-9-15/h4-7,10,13H,3,8-9,15-16H2,1-2H3,(H,17,18)/t10?,13-/m0/s1. The summed E-state index contributed by atoms with van der Waals surface area (Å²) in [7, 11) is 0. The maximum absolute atomic E-state index is 11.9. The highest BCUT2D eigenvalue weighted by Crippen LogP contribution is 2.12. The average molecular weight is 249 g/mol. The predicted octanol–water partition coefficient (Wildman–Crippen LogP) is 1.50. The minimum absolute atomic E-state index is 0.129. The molecule has 0 aliphatic rings. The molecule has 5 N–H and O–H groups in total. The summed E-state index contributed by atoms with van der Waals surface area (Å²) in [5, 5.41) is 2.83. The summed E-state index contributed by atoms with van der Waals surface area (Å²) in [5.74, 6) is 0.0532. The van der Waals surface area contributed by atoms with Crippen molar-refractivity contribution in [3.05, 3.63) is 29.8 Å². The van der Waals surface area contributed by atoms with Crippen molar-refractivity contribution in [3.63, 3.8) is 0 Å². The topological polar surface area (TPSA) is 81.1 Å². The number of rotatable bonds is 6. The van der Waals surface area contributed by atoms with Crippen LogP contribution in [0.1, 0.15) is 25.8 Å². The first-order chi connectivity index (χ1) is 8.58. The minimum Gasteiger partial charge on any atom is -0.330 e. The smallest absolute Gasteiger partial charge is 0.241 e. The molecule has 0 heterocycles. The molecule has 1 amide bonds. The third-order valence-corrected chi connectivity index (χ3v) is 3.21. The van der Waals surface area contributed by atoms with E-state index in [1.807, 2.05) is 38.1 Å². The molecule has 0 aliphatic heterocycles. The largest absolute Gasteiger partial charge is 0.330 e. The van der Waals surface area contributed by atoms with Crippen LogP contribution in [-0.4, -0.2) is 18.5 Å². The molecule has 1 aromatic carbocycles. The number of benzene rings is 1. The average Bonchev–Trinajstić information content (AvgIpc) is 2.39. The summed E-state index contributed by atoms with van der Waals surface area (Å²) in [6.45, 7) is 4.64. The van der Waals surface area contributed by atoms with Crippen LogP contribution in [0.4, 0.5) is 5.69 Å². The van der Waals surface area contributed by atoms with Crippen LogP contribution in [-0.2, 0) is 11.2 Å². The van der Waals surface area contributed by atoms with Gasteiger partial charge in [-0.2, -0.15) is 0 Å². The van der Waals surface area contributed by atoms with Crippen LogP contribution in [0.2, 0.25) is 0 Å². The Morgan fingerprint density at radius 3 is 2.44 bits per heavy atom. The van der Waals surface area contributed by atoms with E-state index >= 15 is 0 Å². The normalized spacial score (nSPS) is 14.0. The van der Waals surface area contributed by atoms with Crippen LogP contribution in [0.15, 0.2) is 24.3 Å². The maximum Gasteiger partial charge on any atom is 0.241 e. The molecule has 0 saturated carbocycles. The van der Waals surface area contributed by atoms with Gasteiger partial charge in [0, 0.05) is 5.69 Å². The van der Waals surface area contributed by atoms with E-state index in [0.29, 0.717) is 6.54 Å². The second-order valence-electron chi connectivity index (χ2n) is 4.64. The first kappa shape index (κ1) is 14.7. The molecule has 1 unspecified atom stereocenters. The van der Waals surface area contributed by atoms with Gasteiger partial charge in [-0.3, -0.25) is 4.79 Å². The minimum atomic E-state index is -0.460. The van der Waals surface area contributed by atoms with Crippen molar-refractivity contribution < 1.29 is 4.79 Å². The van der Waals surface area contributed by atoms with Crippen molar-refractivity contribution in [1.29, 1.82) is 0 Å². The molecule has 0 bridgehead atoms. The monoisotopic (exact) mass is 249 g/mol. The van der Waals surface area contributed by atoms with Gasteiger partial charge in [-0.25, -0.2) is 0 Å². The molecule has 0 aromatic heterocycles. The van der Waals surface area contributed by atoms with Gasteiger partial charge in [0.25, 0.3) is 0 Å². The van der Waals surface area contributed by atoms with Gasteiger partial charge in [0.1, 0.15) is 0 Å². The molecule has 0 aliphatic carbocycles. The van der Waals surface area contributed by atoms with Crippen molar-refractivity contribution in [3.8, 4) is 0 Å². The quantitative estimate of drug-likeness (QED) is 0.714. The van der Waals surface area contributed by atoms with E-state index in [1.54, 1.807) is 0 Å². The number of carbonyl (C=O) groups is 1. The van der Waals surface area contributed by atoms with E-state index < -0.39 is 6.04 Å². The van der Waals surface area contributed by atoms with Gasteiger partial charge in [-0.15, -0.1) is 0 Å². The fraction of sp³-hybridized carbons (Fsp3) is 0.500. The zero-order valence-corrected chi connectivity index (χ0v) is 11.1. The Morgan fingerprint density at radius 1 is 1.33 bits per heavy atom. The Bertz CT molecular complexity index is 375. The van der Waals surface area contributed by atoms with Gasteiger partial charge in [0.2, 0.25) is 5.91 Å². The molecular formula is C14H23N3O. The summed E-state index contributed by atoms with van der Waals surface area (Å²) < 4.78 is 0. The van der Waals surface area contributed by atoms with E-state index in [9.17, 15) is 4.79 Å². The van der Waals surface area contributed by atoms with Gasteiger partial charge in [0.05, 0.1) is 6.04 Å². The Hall–Kier alpha value is -1.39. The van der Waals surface area contributed by atoms with Gasteiger partial charge in [0.15, 0.2) is 0 Å². The van der Waals surface area contributed by atoms with Crippen LogP contribution in [0.3, 0.4) is 0 Å². The first-order valence-corrected chi connectivity index (χ1v) is 6.44. The van der Waals surface area contributed by atoms with Crippen LogP contribution in [0.25, 0.3) is 0 Å². The summed E-state index contributed by atoms with van der Waals surface area (Å²) in [6, 6.07) is 7.24. The second-order valence-corrected chi connectivity index (χ2v) is 4.64. The summed E-state index contributed by atoms with van der Waals surface area (Å²) in [4.78, 5) is 11.9. The number of nitrogens with one attached hydrogen (secondary N) is 1. The lowest BCUT2D eigenvalue weighted by molar-refractivity contribution is -0.118. The van der Waals surface area contributed by atoms with Crippen molar-refractivity contribution in [2.24, 2.45) is 17.4 Å². The second kappa shape index (κ2) is 7.13. The molecule has 4 nitrogen and oxygen atoms in total. The van der Waals surface area contributed by atoms with Crippen LogP contribution < -0.4 is 16.8 Å². The summed E-state index contributed by atoms with van der Waals surface area (Å²) >= 11 is 0. The fourth-order valence-electron chi connectivity index (χ4n) is 1.66. The molecule has 4 heteroatoms. The number of carbonyl (C=O) groups excluding carboxylic acids is 1. The highest BCUT2D eigenvalue weighted by Gasteiger charge is 2.19. The van der Waals surface area contributed by atoms with Gasteiger partial charge in [-0.1, -0.05) is 32.4 Å². The third kappa shape index (κ3) is 4.13. The van der Waals surface area contributed by atoms with E-state index in [4.69, 9.17) is 11.5 Å². The lowest BCUT2D eigenvalue weighted by Gasteiger charge is -2.17. The highest BCUT2D eigenvalue weighted by atomic mass is 16.2. The zero-order valence-electron chi connectivity index (χ0n) is 11.1. The van der Waals surface area contributed by atoms with Gasteiger partial charge in [-0.05, 0) is 36.6 Å². The molecule has 1 aromatic rings. The van der Waals surface area contributed by atoms with Crippen molar-refractivity contribution in [1.82, 2.24) is 0 Å². The summed E-state index contributed by atoms with van der Waals surface area (Å²) in [6.07, 6.45) is 1.74. The number of nitrogens with two attached hydrogens (primary N) is 2. The van der Waals surface area contributed by atoms with Crippen LogP contribution in [0, 0.1) is 5.92 Å². The number of amides is 1. The predicted molar refractivity (Wildman–Crippen MR) is 75.3 cm³/mol. The van der Waals surface area contributed by atoms with Crippen LogP contribution in [0.5, 0.6) is 0 Å². The fourth-order valence-corrected chi connectivity index (χ4v) is 1.66. The first-order valence-electron chi connectivity index (χ1n) is 6.44. The highest BCUT2D eigenvalue weighted by molar-refractivity contribution is 5.94. The summed E-state index contributed by atoms with van der Waals surface area (Å²) in [5.41, 5.74) is 13.3. The van der Waals surface area contributed by atoms with Crippen molar-refractivity contribution in [2.75, 3.05) is 11.9 Å². The molecule has 1 rings (SSSR count). The van der Waals surface area contributed by atoms with Gasteiger partial charge >= 0.3 is 0 Å². The molecule has 100 valence electrons. The number of hydrogen-bond donors (Lipinski definition) is 3. The third-order valence-electron chi connectivity index (χ3n) is 3.21. The number of anilines is 1. The SMILES string of the molecule is CCC(C)[C@H](N)C(=O)Nc1ccc(CCN)cc1. The number of hydrogen-bond acceptors (Lipinski definition) is 3. The molecule has 0 saturated heterocycles. The maximum atomic E-state index is 11.9. The van der Waals surface area contributed by atoms with Crippen molar-refractivity contribution >= 4 is 11.6 Å². The van der Waals surface area contributed by atoms with Gasteiger partial charge < -0.3 is 16.8 Å². The van der Waals surface area contributed by atoms with E-state index in [-0.39, 0.29) is 11.8 Å². The van der Waals surface area contributed by atoms with E-state index in [1.165, 1.54) is 5.56 Å². The van der Waals surface area contributed by atoms with E-state index in [2.05, 4.69) is 5.32 Å². The molecule has 2 atom stereocenters. The zero-order chi connectivity index (χ0) is 13.5. The Balaban J connectivity index is 2.59. The van der Waals surface area contributed by atoms with Crippen LogP contribution >= 0.6 is 0 Å². The lowest BCUT2D eigenvalue weighted by atomic mass is 9.99. The molecule has 0 spiro atoms. The Kier molecular flexibility index (Phi) is 5.82. The molecular weight excluding hydrogens is 226 g/mol. The molecule has 0 fully saturated rings. The Labute approximate surface area is 109 Å². The van der Waals surface area contributed by atoms with Crippen molar-refractivity contribution in [2.45, 2.75) is 32.7 Å².